The van der Waals surface area contributed by atoms with Gasteiger partial charge in [-0.2, -0.15) is 5.26 Å². The largest absolute Gasteiger partial charge is 0.495 e. The lowest BCUT2D eigenvalue weighted by Gasteiger charge is -2.28. The average molecular weight is 529 g/mol. The van der Waals surface area contributed by atoms with Crippen molar-refractivity contribution in [1.29, 1.82) is 5.26 Å². The van der Waals surface area contributed by atoms with Crippen molar-refractivity contribution in [3.63, 3.8) is 0 Å². The molecule has 1 aromatic heterocycles. The third-order valence-corrected chi connectivity index (χ3v) is 7.08. The van der Waals surface area contributed by atoms with E-state index in [1.807, 2.05) is 19.1 Å². The van der Waals surface area contributed by atoms with E-state index in [0.29, 0.717) is 74.3 Å². The van der Waals surface area contributed by atoms with Crippen molar-refractivity contribution in [2.45, 2.75) is 26.2 Å². The summed E-state index contributed by atoms with van der Waals surface area (Å²) in [7, 11) is 3.70. The Balaban J connectivity index is 1.65. The highest BCUT2D eigenvalue weighted by atomic mass is 35.5. The molecule has 9 heteroatoms. The molecule has 0 amide bonds. The number of piperidine rings is 1. The van der Waals surface area contributed by atoms with Gasteiger partial charge < -0.3 is 24.4 Å². The van der Waals surface area contributed by atoms with E-state index in [1.165, 1.54) is 26.1 Å². The standard InChI is InChI=1S/C27H30Cl2N4O3/c1-4-35-25-11-19-22(13-26(25)36-10-7-17-5-8-33(2)9-6-17)31-16-18(15-30)27(19)32-23-14-24(34-3)21(29)12-20(23)28/h11-14,16-17H,4-10H2,1-3H3,(H,31,32). The molecule has 1 N–H and O–H groups in total. The molecule has 0 saturated carbocycles. The first-order valence-electron chi connectivity index (χ1n) is 12.0. The molecule has 190 valence electrons. The van der Waals surface area contributed by atoms with Crippen molar-refractivity contribution in [2.24, 2.45) is 5.92 Å². The van der Waals surface area contributed by atoms with Gasteiger partial charge in [0.25, 0.3) is 0 Å². The highest BCUT2D eigenvalue weighted by molar-refractivity contribution is 6.37. The zero-order valence-corrected chi connectivity index (χ0v) is 22.2. The van der Waals surface area contributed by atoms with Crippen LogP contribution in [0.25, 0.3) is 10.9 Å². The molecule has 2 heterocycles. The summed E-state index contributed by atoms with van der Waals surface area (Å²) in [6.45, 7) is 5.28. The van der Waals surface area contributed by atoms with E-state index in [0.717, 1.165) is 19.5 Å². The van der Waals surface area contributed by atoms with Gasteiger partial charge in [0.05, 0.1) is 52.8 Å². The quantitative estimate of drug-likeness (QED) is 0.331. The van der Waals surface area contributed by atoms with E-state index >= 15 is 0 Å². The smallest absolute Gasteiger partial charge is 0.163 e. The summed E-state index contributed by atoms with van der Waals surface area (Å²) in [5.74, 6) is 2.39. The molecule has 0 unspecified atom stereocenters. The number of halogens is 2. The van der Waals surface area contributed by atoms with Crippen LogP contribution in [0.15, 0.2) is 30.5 Å². The van der Waals surface area contributed by atoms with E-state index in [1.54, 1.807) is 12.1 Å². The topological polar surface area (TPSA) is 79.6 Å². The number of nitriles is 1. The SMILES string of the molecule is CCOc1cc2c(Nc3cc(OC)c(Cl)cc3Cl)c(C#N)cnc2cc1OCCC1CCN(C)CC1. The zero-order valence-electron chi connectivity index (χ0n) is 20.7. The molecule has 0 atom stereocenters. The normalized spacial score (nSPS) is 14.4. The second kappa shape index (κ2) is 11.9. The number of nitrogens with zero attached hydrogens (tertiary/aromatic N) is 3. The number of pyridine rings is 1. The Labute approximate surface area is 221 Å². The molecule has 0 aliphatic carbocycles. The van der Waals surface area contributed by atoms with Crippen LogP contribution in [-0.4, -0.2) is 50.3 Å². The van der Waals surface area contributed by atoms with Gasteiger partial charge in [0, 0.05) is 23.7 Å². The van der Waals surface area contributed by atoms with Crippen LogP contribution in [0, 0.1) is 17.2 Å². The maximum Gasteiger partial charge on any atom is 0.163 e. The number of likely N-dealkylation sites (tertiary alicyclic amines) is 1. The monoisotopic (exact) mass is 528 g/mol. The molecule has 3 aromatic rings. The molecule has 1 aliphatic heterocycles. The molecular formula is C27H30Cl2N4O3. The third-order valence-electron chi connectivity index (χ3n) is 6.48. The molecule has 7 nitrogen and oxygen atoms in total. The number of rotatable bonds is 9. The van der Waals surface area contributed by atoms with Gasteiger partial charge in [-0.05, 0) is 64.4 Å². The van der Waals surface area contributed by atoms with Gasteiger partial charge >= 0.3 is 0 Å². The van der Waals surface area contributed by atoms with Crippen LogP contribution in [0.2, 0.25) is 10.0 Å². The van der Waals surface area contributed by atoms with Gasteiger partial charge in [0.15, 0.2) is 11.5 Å². The number of anilines is 2. The Morgan fingerprint density at radius 3 is 2.53 bits per heavy atom. The summed E-state index contributed by atoms with van der Waals surface area (Å²) < 4.78 is 17.4. The summed E-state index contributed by atoms with van der Waals surface area (Å²) in [6, 6.07) is 9.23. The number of hydrogen-bond acceptors (Lipinski definition) is 7. The van der Waals surface area contributed by atoms with Crippen molar-refractivity contribution in [3.05, 3.63) is 46.1 Å². The van der Waals surface area contributed by atoms with Gasteiger partial charge in [-0.1, -0.05) is 23.2 Å². The maximum atomic E-state index is 9.79. The second-order valence-corrected chi connectivity index (χ2v) is 9.70. The first-order chi connectivity index (χ1) is 17.4. The van der Waals surface area contributed by atoms with E-state index in [4.69, 9.17) is 37.4 Å². The van der Waals surface area contributed by atoms with Crippen molar-refractivity contribution in [1.82, 2.24) is 9.88 Å². The summed E-state index contributed by atoms with van der Waals surface area (Å²) in [4.78, 5) is 6.88. The zero-order chi connectivity index (χ0) is 25.7. The first-order valence-corrected chi connectivity index (χ1v) is 12.8. The third kappa shape index (κ3) is 5.89. The highest BCUT2D eigenvalue weighted by Crippen LogP contribution is 2.40. The summed E-state index contributed by atoms with van der Waals surface area (Å²) in [6.07, 6.45) is 4.93. The van der Waals surface area contributed by atoms with E-state index in [9.17, 15) is 5.26 Å². The predicted octanol–water partition coefficient (Wildman–Crippen LogP) is 6.67. The molecule has 0 spiro atoms. The second-order valence-electron chi connectivity index (χ2n) is 8.88. The van der Waals surface area contributed by atoms with Crippen molar-refractivity contribution in [2.75, 3.05) is 45.8 Å². The van der Waals surface area contributed by atoms with E-state index in [2.05, 4.69) is 28.3 Å². The summed E-state index contributed by atoms with van der Waals surface area (Å²) in [5.41, 5.74) is 2.16. The average Bonchev–Trinajstić information content (AvgIpc) is 2.87. The Morgan fingerprint density at radius 1 is 1.08 bits per heavy atom. The molecule has 2 aromatic carbocycles. The molecule has 1 aliphatic rings. The predicted molar refractivity (Wildman–Crippen MR) is 144 cm³/mol. The van der Waals surface area contributed by atoms with Crippen molar-refractivity contribution >= 4 is 45.5 Å². The first kappa shape index (κ1) is 26.2. The maximum absolute atomic E-state index is 9.79. The lowest BCUT2D eigenvalue weighted by molar-refractivity contribution is 0.185. The Kier molecular flexibility index (Phi) is 8.63. The number of hydrogen-bond donors (Lipinski definition) is 1. The highest BCUT2D eigenvalue weighted by Gasteiger charge is 2.19. The number of ether oxygens (including phenoxy) is 3. The minimum absolute atomic E-state index is 0.367. The molecule has 1 fully saturated rings. The van der Waals surface area contributed by atoms with Gasteiger partial charge in [-0.25, -0.2) is 0 Å². The minimum atomic E-state index is 0.367. The molecule has 0 radical (unpaired) electrons. The van der Waals surface area contributed by atoms with Crippen LogP contribution >= 0.6 is 23.2 Å². The van der Waals surface area contributed by atoms with Crippen LogP contribution in [0.1, 0.15) is 31.7 Å². The lowest BCUT2D eigenvalue weighted by atomic mass is 9.94. The van der Waals surface area contributed by atoms with Crippen LogP contribution in [0.3, 0.4) is 0 Å². The van der Waals surface area contributed by atoms with Crippen LogP contribution in [0.5, 0.6) is 17.2 Å². The fraction of sp³-hybridized carbons (Fsp3) is 0.407. The fourth-order valence-electron chi connectivity index (χ4n) is 4.40. The van der Waals surface area contributed by atoms with Gasteiger partial charge in [0.1, 0.15) is 11.8 Å². The van der Waals surface area contributed by atoms with Crippen molar-refractivity contribution < 1.29 is 14.2 Å². The lowest BCUT2D eigenvalue weighted by Crippen LogP contribution is -2.30. The Hall–Kier alpha value is -2.92. The molecular weight excluding hydrogens is 499 g/mol. The number of fused-ring (bicyclic) bond motifs is 1. The Morgan fingerprint density at radius 2 is 1.83 bits per heavy atom. The van der Waals surface area contributed by atoms with Crippen molar-refractivity contribution in [3.8, 4) is 23.3 Å². The van der Waals surface area contributed by atoms with Crippen LogP contribution in [0.4, 0.5) is 11.4 Å². The molecule has 36 heavy (non-hydrogen) atoms. The number of benzene rings is 2. The number of methoxy groups -OCH3 is 1. The van der Waals surface area contributed by atoms with E-state index < -0.39 is 0 Å². The molecule has 0 bridgehead atoms. The van der Waals surface area contributed by atoms with Crippen LogP contribution in [-0.2, 0) is 0 Å². The molecule has 1 saturated heterocycles. The van der Waals surface area contributed by atoms with Crippen LogP contribution < -0.4 is 19.5 Å². The molecule has 4 rings (SSSR count). The van der Waals surface area contributed by atoms with Gasteiger partial charge in [0.2, 0.25) is 0 Å². The van der Waals surface area contributed by atoms with Gasteiger partial charge in [-0.15, -0.1) is 0 Å². The van der Waals surface area contributed by atoms with E-state index in [-0.39, 0.29) is 0 Å². The number of aromatic nitrogens is 1. The summed E-state index contributed by atoms with van der Waals surface area (Å²) in [5, 5.41) is 14.6. The summed E-state index contributed by atoms with van der Waals surface area (Å²) >= 11 is 12.6. The minimum Gasteiger partial charge on any atom is -0.495 e. The van der Waals surface area contributed by atoms with Gasteiger partial charge in [-0.3, -0.25) is 4.98 Å². The fourth-order valence-corrected chi connectivity index (χ4v) is 4.91. The Bertz CT molecular complexity index is 1270. The number of nitrogens with one attached hydrogen (secondary N) is 1.